The third-order valence-corrected chi connectivity index (χ3v) is 2.97. The summed E-state index contributed by atoms with van der Waals surface area (Å²) in [6.07, 6.45) is -1.68. The van der Waals surface area contributed by atoms with Crippen LogP contribution in [-0.2, 0) is 13.1 Å². The van der Waals surface area contributed by atoms with Gasteiger partial charge in [0.2, 0.25) is 0 Å². The molecule has 0 saturated heterocycles. The molecule has 0 atom stereocenters. The van der Waals surface area contributed by atoms with Gasteiger partial charge in [-0.15, -0.1) is 0 Å². The highest BCUT2D eigenvalue weighted by Gasteiger charge is 2.29. The van der Waals surface area contributed by atoms with Gasteiger partial charge in [-0.3, -0.25) is 9.55 Å². The summed E-state index contributed by atoms with van der Waals surface area (Å²) in [6.45, 7) is 2.76. The zero-order chi connectivity index (χ0) is 15.6. The van der Waals surface area contributed by atoms with Crippen LogP contribution in [0.15, 0.2) is 29.5 Å². The van der Waals surface area contributed by atoms with Crippen molar-refractivity contribution in [2.75, 3.05) is 0 Å². The van der Waals surface area contributed by atoms with Gasteiger partial charge in [-0.05, 0) is 17.5 Å². The molecule has 114 valence electrons. The molecule has 0 aliphatic rings. The number of alkyl halides is 3. The minimum Gasteiger partial charge on any atom is -0.275 e. The van der Waals surface area contributed by atoms with Gasteiger partial charge in [0.25, 0.3) is 0 Å². The largest absolute Gasteiger partial charge is 0.408 e. The van der Waals surface area contributed by atoms with Gasteiger partial charge in [-0.2, -0.15) is 18.3 Å². The maximum Gasteiger partial charge on any atom is 0.408 e. The Morgan fingerprint density at radius 3 is 2.52 bits per heavy atom. The van der Waals surface area contributed by atoms with Crippen molar-refractivity contribution in [2.24, 2.45) is 0 Å². The molecule has 0 unspecified atom stereocenters. The number of nitrogens with zero attached hydrogens (tertiary/aromatic N) is 4. The van der Waals surface area contributed by atoms with Crippen LogP contribution in [0.2, 0.25) is 0 Å². The SMILES string of the molecule is CC(C)c1ccc(Cn2cnn(CC(F)(F)F)c2=O)nc1. The predicted molar refractivity (Wildman–Crippen MR) is 70.0 cm³/mol. The Morgan fingerprint density at radius 2 is 2.00 bits per heavy atom. The number of rotatable bonds is 4. The molecule has 0 N–H and O–H groups in total. The Morgan fingerprint density at radius 1 is 1.29 bits per heavy atom. The Kier molecular flexibility index (Phi) is 4.15. The van der Waals surface area contributed by atoms with E-state index in [9.17, 15) is 18.0 Å². The fraction of sp³-hybridized carbons (Fsp3) is 0.462. The minimum absolute atomic E-state index is 0.0923. The normalized spacial score (nSPS) is 12.1. The average molecular weight is 300 g/mol. The van der Waals surface area contributed by atoms with Crippen LogP contribution >= 0.6 is 0 Å². The molecule has 2 heterocycles. The lowest BCUT2D eigenvalue weighted by atomic mass is 10.1. The molecule has 0 bridgehead atoms. The number of hydrogen-bond donors (Lipinski definition) is 0. The van der Waals surface area contributed by atoms with Gasteiger partial charge >= 0.3 is 11.9 Å². The summed E-state index contributed by atoms with van der Waals surface area (Å²) >= 11 is 0. The van der Waals surface area contributed by atoms with E-state index in [0.717, 1.165) is 16.5 Å². The van der Waals surface area contributed by atoms with Gasteiger partial charge in [0.1, 0.15) is 12.9 Å². The quantitative estimate of drug-likeness (QED) is 0.869. The van der Waals surface area contributed by atoms with Gasteiger partial charge in [0.15, 0.2) is 0 Å². The van der Waals surface area contributed by atoms with Crippen molar-refractivity contribution in [3.05, 3.63) is 46.4 Å². The molecule has 8 heteroatoms. The first kappa shape index (κ1) is 15.3. The lowest BCUT2D eigenvalue weighted by Gasteiger charge is -2.06. The Labute approximate surface area is 119 Å². The number of halogens is 3. The highest BCUT2D eigenvalue weighted by Crippen LogP contribution is 2.16. The number of aromatic nitrogens is 4. The first-order chi connectivity index (χ1) is 9.76. The molecule has 0 radical (unpaired) electrons. The van der Waals surface area contributed by atoms with Gasteiger partial charge in [0.05, 0.1) is 12.2 Å². The Balaban J connectivity index is 2.15. The third kappa shape index (κ3) is 3.93. The second-order valence-corrected chi connectivity index (χ2v) is 5.05. The lowest BCUT2D eigenvalue weighted by molar-refractivity contribution is -0.143. The number of pyridine rings is 1. The van der Waals surface area contributed by atoms with Crippen LogP contribution in [-0.4, -0.2) is 25.5 Å². The summed E-state index contributed by atoms with van der Waals surface area (Å²) in [6, 6.07) is 3.64. The van der Waals surface area contributed by atoms with Crippen molar-refractivity contribution in [3.8, 4) is 0 Å². The van der Waals surface area contributed by atoms with Crippen molar-refractivity contribution < 1.29 is 13.2 Å². The summed E-state index contributed by atoms with van der Waals surface area (Å²) in [5.74, 6) is 0.337. The maximum atomic E-state index is 12.3. The zero-order valence-corrected chi connectivity index (χ0v) is 11.6. The van der Waals surface area contributed by atoms with E-state index in [0.29, 0.717) is 16.3 Å². The standard InChI is InChI=1S/C13H15F3N4O/c1-9(2)10-3-4-11(17-5-10)6-19-8-18-20(12(19)21)7-13(14,15)16/h3-5,8-9H,6-7H2,1-2H3. The van der Waals surface area contributed by atoms with E-state index >= 15 is 0 Å². The van der Waals surface area contributed by atoms with Crippen molar-refractivity contribution in [2.45, 2.75) is 39.0 Å². The van der Waals surface area contributed by atoms with Crippen LogP contribution in [0.1, 0.15) is 31.0 Å². The lowest BCUT2D eigenvalue weighted by Crippen LogP contribution is -2.30. The van der Waals surface area contributed by atoms with E-state index in [4.69, 9.17) is 0 Å². The van der Waals surface area contributed by atoms with Crippen LogP contribution in [0.5, 0.6) is 0 Å². The second kappa shape index (κ2) is 5.71. The summed E-state index contributed by atoms with van der Waals surface area (Å²) in [4.78, 5) is 16.0. The molecule has 0 spiro atoms. The fourth-order valence-corrected chi connectivity index (χ4v) is 1.80. The second-order valence-electron chi connectivity index (χ2n) is 5.05. The molecular weight excluding hydrogens is 285 g/mol. The van der Waals surface area contributed by atoms with E-state index in [1.165, 1.54) is 0 Å². The van der Waals surface area contributed by atoms with Gasteiger partial charge < -0.3 is 0 Å². The van der Waals surface area contributed by atoms with Crippen molar-refractivity contribution in [1.29, 1.82) is 0 Å². The van der Waals surface area contributed by atoms with Crippen molar-refractivity contribution in [1.82, 2.24) is 19.3 Å². The van der Waals surface area contributed by atoms with Gasteiger partial charge in [-0.1, -0.05) is 19.9 Å². The molecular formula is C13H15F3N4O. The van der Waals surface area contributed by atoms with Crippen LogP contribution in [0.3, 0.4) is 0 Å². The molecule has 0 aliphatic heterocycles. The van der Waals surface area contributed by atoms with E-state index in [-0.39, 0.29) is 6.54 Å². The van der Waals surface area contributed by atoms with Crippen molar-refractivity contribution in [3.63, 3.8) is 0 Å². The molecule has 0 aromatic carbocycles. The van der Waals surface area contributed by atoms with Crippen LogP contribution in [0, 0.1) is 0 Å². The van der Waals surface area contributed by atoms with E-state index in [1.807, 2.05) is 19.9 Å². The molecule has 2 aromatic heterocycles. The summed E-state index contributed by atoms with van der Waals surface area (Å²) in [5, 5.41) is 3.46. The van der Waals surface area contributed by atoms with Crippen LogP contribution in [0.25, 0.3) is 0 Å². The molecule has 5 nitrogen and oxygen atoms in total. The van der Waals surface area contributed by atoms with Crippen molar-refractivity contribution >= 4 is 0 Å². The summed E-state index contributed by atoms with van der Waals surface area (Å²) < 4.78 is 38.3. The zero-order valence-electron chi connectivity index (χ0n) is 11.6. The van der Waals surface area contributed by atoms with Gasteiger partial charge in [-0.25, -0.2) is 9.48 Å². The third-order valence-electron chi connectivity index (χ3n) is 2.97. The Hall–Kier alpha value is -2.12. The molecule has 2 aromatic rings. The smallest absolute Gasteiger partial charge is 0.275 e. The summed E-state index contributed by atoms with van der Waals surface area (Å²) in [7, 11) is 0. The molecule has 21 heavy (non-hydrogen) atoms. The highest BCUT2D eigenvalue weighted by molar-refractivity contribution is 5.17. The molecule has 0 fully saturated rings. The maximum absolute atomic E-state index is 12.3. The van der Waals surface area contributed by atoms with E-state index in [2.05, 4.69) is 10.1 Å². The average Bonchev–Trinajstić information content (AvgIpc) is 2.70. The summed E-state index contributed by atoms with van der Waals surface area (Å²) in [5.41, 5.74) is 0.842. The molecule has 0 amide bonds. The highest BCUT2D eigenvalue weighted by atomic mass is 19.4. The molecule has 0 saturated carbocycles. The monoisotopic (exact) mass is 300 g/mol. The fourth-order valence-electron chi connectivity index (χ4n) is 1.80. The minimum atomic E-state index is -4.47. The van der Waals surface area contributed by atoms with Crippen LogP contribution in [0.4, 0.5) is 13.2 Å². The number of hydrogen-bond acceptors (Lipinski definition) is 3. The predicted octanol–water partition coefficient (Wildman–Crippen LogP) is 2.17. The van der Waals surface area contributed by atoms with E-state index in [1.54, 1.807) is 12.3 Å². The molecule has 2 rings (SSSR count). The van der Waals surface area contributed by atoms with Gasteiger partial charge in [0, 0.05) is 6.20 Å². The Bertz CT molecular complexity index is 655. The molecule has 0 aliphatic carbocycles. The van der Waals surface area contributed by atoms with E-state index < -0.39 is 18.4 Å². The first-order valence-electron chi connectivity index (χ1n) is 6.40. The van der Waals surface area contributed by atoms with Crippen LogP contribution < -0.4 is 5.69 Å². The first-order valence-corrected chi connectivity index (χ1v) is 6.40. The topological polar surface area (TPSA) is 52.7 Å².